The molecule has 0 saturated heterocycles. The third-order valence-corrected chi connectivity index (χ3v) is 2.32. The molecule has 0 aromatic rings. The van der Waals surface area contributed by atoms with E-state index >= 15 is 0 Å². The highest BCUT2D eigenvalue weighted by atomic mass is 32.2. The molecule has 0 amide bonds. The number of carbonyl (C=O) groups excluding carboxylic acids is 1. The van der Waals surface area contributed by atoms with Crippen LogP contribution in [0.1, 0.15) is 32.6 Å². The molecule has 0 radical (unpaired) electrons. The first-order valence-corrected chi connectivity index (χ1v) is 6.17. The standard InChI is InChI=1S/C8H16O5S/c1-2-5-8(9)13-6-3-4-7-14(10,11)12/h2-7H2,1H3,(H,10,11,12). The average molecular weight is 224 g/mol. The lowest BCUT2D eigenvalue weighted by Gasteiger charge is -2.02. The largest absolute Gasteiger partial charge is 0.466 e. The van der Waals surface area contributed by atoms with Crippen molar-refractivity contribution in [2.45, 2.75) is 32.6 Å². The fraction of sp³-hybridized carbons (Fsp3) is 0.875. The Balaban J connectivity index is 3.34. The zero-order valence-corrected chi connectivity index (χ0v) is 9.05. The van der Waals surface area contributed by atoms with E-state index in [0.29, 0.717) is 19.3 Å². The predicted molar refractivity (Wildman–Crippen MR) is 51.5 cm³/mol. The molecule has 0 aliphatic rings. The number of rotatable bonds is 7. The van der Waals surface area contributed by atoms with Crippen LogP contribution in [0.15, 0.2) is 0 Å². The lowest BCUT2D eigenvalue weighted by Crippen LogP contribution is -2.08. The molecule has 14 heavy (non-hydrogen) atoms. The van der Waals surface area contributed by atoms with Crippen LogP contribution in [0, 0.1) is 0 Å². The molecule has 6 heteroatoms. The predicted octanol–water partition coefficient (Wildman–Crippen LogP) is 0.998. The Morgan fingerprint density at radius 1 is 1.36 bits per heavy atom. The molecular formula is C8H16O5S. The van der Waals surface area contributed by atoms with E-state index in [-0.39, 0.29) is 18.3 Å². The summed E-state index contributed by atoms with van der Waals surface area (Å²) in [6, 6.07) is 0. The van der Waals surface area contributed by atoms with Gasteiger partial charge in [0.2, 0.25) is 0 Å². The highest BCUT2D eigenvalue weighted by Crippen LogP contribution is 1.97. The number of esters is 1. The van der Waals surface area contributed by atoms with Gasteiger partial charge in [-0.1, -0.05) is 6.92 Å². The van der Waals surface area contributed by atoms with Gasteiger partial charge in [0, 0.05) is 6.42 Å². The van der Waals surface area contributed by atoms with Crippen molar-refractivity contribution in [3.05, 3.63) is 0 Å². The minimum absolute atomic E-state index is 0.217. The smallest absolute Gasteiger partial charge is 0.305 e. The van der Waals surface area contributed by atoms with Crippen LogP contribution in [0.3, 0.4) is 0 Å². The Labute approximate surface area is 84.2 Å². The Morgan fingerprint density at radius 3 is 2.50 bits per heavy atom. The summed E-state index contributed by atoms with van der Waals surface area (Å²) in [5.41, 5.74) is 0. The second kappa shape index (κ2) is 6.78. The molecule has 0 fully saturated rings. The Hall–Kier alpha value is -0.620. The van der Waals surface area contributed by atoms with Crippen molar-refractivity contribution in [1.82, 2.24) is 0 Å². The van der Waals surface area contributed by atoms with Gasteiger partial charge in [0.15, 0.2) is 0 Å². The molecule has 5 nitrogen and oxygen atoms in total. The zero-order chi connectivity index (χ0) is 11.0. The molecule has 0 aromatic carbocycles. The second-order valence-electron chi connectivity index (χ2n) is 2.96. The number of carbonyl (C=O) groups is 1. The van der Waals surface area contributed by atoms with Crippen molar-refractivity contribution in [2.24, 2.45) is 0 Å². The van der Waals surface area contributed by atoms with E-state index in [2.05, 4.69) is 0 Å². The maximum atomic E-state index is 10.8. The highest BCUT2D eigenvalue weighted by Gasteiger charge is 2.04. The average Bonchev–Trinajstić information content (AvgIpc) is 2.02. The molecule has 0 unspecified atom stereocenters. The summed E-state index contributed by atoms with van der Waals surface area (Å²) in [5, 5.41) is 0. The van der Waals surface area contributed by atoms with Gasteiger partial charge in [0.1, 0.15) is 0 Å². The molecule has 0 spiro atoms. The van der Waals surface area contributed by atoms with E-state index < -0.39 is 10.1 Å². The van der Waals surface area contributed by atoms with Crippen LogP contribution in [0.2, 0.25) is 0 Å². The fourth-order valence-corrected chi connectivity index (χ4v) is 1.42. The monoisotopic (exact) mass is 224 g/mol. The highest BCUT2D eigenvalue weighted by molar-refractivity contribution is 7.85. The Kier molecular flexibility index (Phi) is 6.48. The number of ether oxygens (including phenoxy) is 1. The van der Waals surface area contributed by atoms with Crippen molar-refractivity contribution in [3.8, 4) is 0 Å². The van der Waals surface area contributed by atoms with Gasteiger partial charge in [-0.15, -0.1) is 0 Å². The van der Waals surface area contributed by atoms with Crippen LogP contribution in [-0.4, -0.2) is 31.3 Å². The normalized spacial score (nSPS) is 11.3. The fourth-order valence-electron chi connectivity index (χ4n) is 0.849. The summed E-state index contributed by atoms with van der Waals surface area (Å²) >= 11 is 0. The van der Waals surface area contributed by atoms with Gasteiger partial charge < -0.3 is 4.74 Å². The maximum absolute atomic E-state index is 10.8. The lowest BCUT2D eigenvalue weighted by atomic mass is 10.3. The van der Waals surface area contributed by atoms with E-state index in [1.54, 1.807) is 0 Å². The molecular weight excluding hydrogens is 208 g/mol. The van der Waals surface area contributed by atoms with Gasteiger partial charge >= 0.3 is 5.97 Å². The maximum Gasteiger partial charge on any atom is 0.305 e. The quantitative estimate of drug-likeness (QED) is 0.396. The van der Waals surface area contributed by atoms with Crippen LogP contribution in [0.25, 0.3) is 0 Å². The summed E-state index contributed by atoms with van der Waals surface area (Å²) in [4.78, 5) is 10.8. The van der Waals surface area contributed by atoms with E-state index in [9.17, 15) is 13.2 Å². The molecule has 0 aromatic heterocycles. The molecule has 0 aliphatic carbocycles. The summed E-state index contributed by atoms with van der Waals surface area (Å²) in [6.07, 6.45) is 1.88. The second-order valence-corrected chi connectivity index (χ2v) is 4.54. The van der Waals surface area contributed by atoms with Crippen LogP contribution < -0.4 is 0 Å². The number of hydrogen-bond acceptors (Lipinski definition) is 4. The van der Waals surface area contributed by atoms with E-state index in [1.807, 2.05) is 6.92 Å². The van der Waals surface area contributed by atoms with Gasteiger partial charge in [-0.3, -0.25) is 9.35 Å². The van der Waals surface area contributed by atoms with Gasteiger partial charge in [-0.25, -0.2) is 0 Å². The lowest BCUT2D eigenvalue weighted by molar-refractivity contribution is -0.143. The number of hydrogen-bond donors (Lipinski definition) is 1. The van der Waals surface area contributed by atoms with Crippen molar-refractivity contribution in [3.63, 3.8) is 0 Å². The van der Waals surface area contributed by atoms with Crippen molar-refractivity contribution < 1.29 is 22.5 Å². The first kappa shape index (κ1) is 13.4. The summed E-state index contributed by atoms with van der Waals surface area (Å²) in [5.74, 6) is -0.544. The number of unbranched alkanes of at least 4 members (excludes halogenated alkanes) is 1. The van der Waals surface area contributed by atoms with E-state index in [1.165, 1.54) is 0 Å². The molecule has 0 aliphatic heterocycles. The first-order valence-electron chi connectivity index (χ1n) is 4.56. The van der Waals surface area contributed by atoms with Gasteiger partial charge in [0.05, 0.1) is 12.4 Å². The zero-order valence-electron chi connectivity index (χ0n) is 8.23. The molecule has 84 valence electrons. The third kappa shape index (κ3) is 9.47. The van der Waals surface area contributed by atoms with Gasteiger partial charge in [-0.05, 0) is 19.3 Å². The first-order chi connectivity index (χ1) is 6.45. The van der Waals surface area contributed by atoms with Crippen LogP contribution in [-0.2, 0) is 19.6 Å². The third-order valence-electron chi connectivity index (χ3n) is 1.51. The minimum atomic E-state index is -3.88. The minimum Gasteiger partial charge on any atom is -0.466 e. The molecule has 0 saturated carbocycles. The van der Waals surface area contributed by atoms with Crippen molar-refractivity contribution in [2.75, 3.05) is 12.4 Å². The summed E-state index contributed by atoms with van der Waals surface area (Å²) < 4.78 is 33.7. The van der Waals surface area contributed by atoms with Crippen LogP contribution >= 0.6 is 0 Å². The topological polar surface area (TPSA) is 80.7 Å². The van der Waals surface area contributed by atoms with Crippen molar-refractivity contribution in [1.29, 1.82) is 0 Å². The van der Waals surface area contributed by atoms with Crippen molar-refractivity contribution >= 4 is 16.1 Å². The molecule has 0 atom stereocenters. The molecule has 1 N–H and O–H groups in total. The molecule has 0 rings (SSSR count). The summed E-state index contributed by atoms with van der Waals surface area (Å²) in [7, 11) is -3.88. The Bertz CT molecular complexity index is 257. The summed E-state index contributed by atoms with van der Waals surface area (Å²) in [6.45, 7) is 2.09. The SMILES string of the molecule is CCCC(=O)OCCCCS(=O)(=O)O. The Morgan fingerprint density at radius 2 is 2.00 bits per heavy atom. The van der Waals surface area contributed by atoms with E-state index in [0.717, 1.165) is 6.42 Å². The molecule has 0 heterocycles. The van der Waals surface area contributed by atoms with E-state index in [4.69, 9.17) is 9.29 Å². The van der Waals surface area contributed by atoms with Crippen LogP contribution in [0.5, 0.6) is 0 Å². The molecule has 0 bridgehead atoms. The van der Waals surface area contributed by atoms with Crippen LogP contribution in [0.4, 0.5) is 0 Å². The van der Waals surface area contributed by atoms with Gasteiger partial charge in [-0.2, -0.15) is 8.42 Å². The van der Waals surface area contributed by atoms with Gasteiger partial charge in [0.25, 0.3) is 10.1 Å².